The largest absolute Gasteiger partial charge is 1.00 e. The van der Waals surface area contributed by atoms with Crippen molar-refractivity contribution in [3.05, 3.63) is 12.2 Å². The van der Waals surface area contributed by atoms with E-state index in [0.29, 0.717) is 12.8 Å². The van der Waals surface area contributed by atoms with Crippen LogP contribution in [0.2, 0.25) is 0 Å². The molecule has 1 rings (SSSR count). The number of carboxylic acid groups (broad SMARTS) is 2. The Morgan fingerprint density at radius 1 is 1.00 bits per heavy atom. The average Bonchev–Trinajstić information content (AvgIpc) is 2.04. The first-order valence-corrected chi connectivity index (χ1v) is 3.73. The minimum atomic E-state index is -1.02. The van der Waals surface area contributed by atoms with Crippen molar-refractivity contribution in [2.75, 3.05) is 0 Å². The van der Waals surface area contributed by atoms with E-state index < -0.39 is 23.8 Å². The van der Waals surface area contributed by atoms with Crippen molar-refractivity contribution in [2.24, 2.45) is 11.8 Å². The molecule has 6 heteroatoms. The first-order chi connectivity index (χ1) is 5.63. The molecule has 1 aliphatic carbocycles. The molecule has 0 aliphatic heterocycles. The molecular weight excluding hydrogens is 206 g/mol. The maximum absolute atomic E-state index is 10.6. The van der Waals surface area contributed by atoms with Gasteiger partial charge < -0.3 is 13.1 Å². The van der Waals surface area contributed by atoms with Gasteiger partial charge in [-0.05, 0) is 12.8 Å². The molecule has 0 spiro atoms. The molecule has 0 radical (unpaired) electrons. The van der Waals surface area contributed by atoms with Crippen LogP contribution in [0.15, 0.2) is 12.2 Å². The van der Waals surface area contributed by atoms with Gasteiger partial charge in [-0.1, -0.05) is 12.2 Å². The molecule has 2 N–H and O–H groups in total. The van der Waals surface area contributed by atoms with Crippen molar-refractivity contribution >= 4 is 11.9 Å². The predicted molar refractivity (Wildman–Crippen MR) is 42.8 cm³/mol. The maximum Gasteiger partial charge on any atom is 1.00 e. The van der Waals surface area contributed by atoms with Gasteiger partial charge in [0.25, 0.3) is 0 Å². The Kier molecular flexibility index (Phi) is 9.65. The van der Waals surface area contributed by atoms with Gasteiger partial charge in [0.1, 0.15) is 0 Å². The van der Waals surface area contributed by atoms with Gasteiger partial charge in [0, 0.05) is 0 Å². The smallest absolute Gasteiger partial charge is 1.00 e. The van der Waals surface area contributed by atoms with Crippen LogP contribution in [-0.2, 0) is 9.59 Å². The van der Waals surface area contributed by atoms with E-state index in [0.717, 1.165) is 0 Å². The summed E-state index contributed by atoms with van der Waals surface area (Å²) < 4.78 is 0. The molecule has 0 aromatic heterocycles. The van der Waals surface area contributed by atoms with Crippen LogP contribution in [0.3, 0.4) is 0 Å². The van der Waals surface area contributed by atoms with E-state index in [1.807, 2.05) is 0 Å². The number of rotatable bonds is 2. The summed E-state index contributed by atoms with van der Waals surface area (Å²) in [6.45, 7) is 0. The predicted octanol–water partition coefficient (Wildman–Crippen LogP) is -5.03. The first-order valence-electron chi connectivity index (χ1n) is 3.73. The molecule has 0 saturated heterocycles. The fourth-order valence-electron chi connectivity index (χ4n) is 1.36. The van der Waals surface area contributed by atoms with Gasteiger partial charge in [0.05, 0.1) is 11.8 Å². The van der Waals surface area contributed by atoms with Crippen LogP contribution in [-0.4, -0.2) is 22.2 Å². The molecule has 0 saturated carbocycles. The van der Waals surface area contributed by atoms with E-state index in [9.17, 15) is 9.59 Å². The molecule has 0 fully saturated rings. The molecule has 2 unspecified atom stereocenters. The molecule has 14 heavy (non-hydrogen) atoms. The molecule has 0 amide bonds. The van der Waals surface area contributed by atoms with Crippen LogP contribution < -0.4 is 59.1 Å². The summed E-state index contributed by atoms with van der Waals surface area (Å²) in [7, 11) is 0. The summed E-state index contributed by atoms with van der Waals surface area (Å²) in [6, 6.07) is 0. The molecule has 2 atom stereocenters. The topological polar surface area (TPSA) is 74.6 Å². The second-order valence-electron chi connectivity index (χ2n) is 2.83. The minimum absolute atomic E-state index is 0. The standard InChI is InChI=1S/C8H10O4.2Na.2H/c9-7(10)5-3-1-2-4-6(5)8(11)12;;;;/h1-2,5-6H,3-4H2,(H,9,10)(H,11,12);;;;/q;2*+1;2*-1. The summed E-state index contributed by atoms with van der Waals surface area (Å²) in [6.07, 6.45) is 4.09. The van der Waals surface area contributed by atoms with E-state index in [-0.39, 0.29) is 62.0 Å². The summed E-state index contributed by atoms with van der Waals surface area (Å²) in [4.78, 5) is 21.1. The molecule has 0 heterocycles. The summed E-state index contributed by atoms with van der Waals surface area (Å²) in [5.41, 5.74) is 0. The van der Waals surface area contributed by atoms with Gasteiger partial charge in [-0.15, -0.1) is 0 Å². The van der Waals surface area contributed by atoms with Gasteiger partial charge in [0.15, 0.2) is 0 Å². The fraction of sp³-hybridized carbons (Fsp3) is 0.500. The van der Waals surface area contributed by atoms with Gasteiger partial charge in [-0.3, -0.25) is 9.59 Å². The molecule has 0 aromatic carbocycles. The third-order valence-corrected chi connectivity index (χ3v) is 2.07. The quantitative estimate of drug-likeness (QED) is 0.359. The number of hydrogen-bond donors (Lipinski definition) is 2. The Morgan fingerprint density at radius 2 is 1.29 bits per heavy atom. The Bertz CT molecular complexity index is 224. The molecule has 70 valence electrons. The zero-order valence-electron chi connectivity index (χ0n) is 10.4. The van der Waals surface area contributed by atoms with Gasteiger partial charge in [-0.25, -0.2) is 0 Å². The Balaban J connectivity index is -0.000000180. The van der Waals surface area contributed by atoms with E-state index in [2.05, 4.69) is 0 Å². The molecule has 4 nitrogen and oxygen atoms in total. The van der Waals surface area contributed by atoms with E-state index >= 15 is 0 Å². The Morgan fingerprint density at radius 3 is 1.50 bits per heavy atom. The van der Waals surface area contributed by atoms with Gasteiger partial charge >= 0.3 is 71.1 Å². The molecule has 0 aromatic rings. The van der Waals surface area contributed by atoms with Crippen molar-refractivity contribution in [1.29, 1.82) is 0 Å². The number of aliphatic carboxylic acids is 2. The van der Waals surface area contributed by atoms with Crippen molar-refractivity contribution < 1.29 is 81.8 Å². The van der Waals surface area contributed by atoms with E-state index in [1.54, 1.807) is 12.2 Å². The molecule has 0 bridgehead atoms. The zero-order valence-corrected chi connectivity index (χ0v) is 12.4. The molecular formula is C8H12Na2O4. The average molecular weight is 218 g/mol. The Hall–Kier alpha value is 0.680. The van der Waals surface area contributed by atoms with Crippen LogP contribution in [0.1, 0.15) is 15.7 Å². The number of allylic oxidation sites excluding steroid dienone is 2. The summed E-state index contributed by atoms with van der Waals surface area (Å²) in [5.74, 6) is -3.56. The summed E-state index contributed by atoms with van der Waals surface area (Å²) in [5, 5.41) is 17.3. The van der Waals surface area contributed by atoms with Gasteiger partial charge in [0.2, 0.25) is 0 Å². The van der Waals surface area contributed by atoms with Crippen LogP contribution in [0.25, 0.3) is 0 Å². The third kappa shape index (κ3) is 4.47. The second-order valence-corrected chi connectivity index (χ2v) is 2.83. The van der Waals surface area contributed by atoms with Crippen LogP contribution in [0, 0.1) is 11.8 Å². The number of hydrogen-bond acceptors (Lipinski definition) is 2. The Labute approximate surface area is 129 Å². The van der Waals surface area contributed by atoms with Crippen molar-refractivity contribution in [1.82, 2.24) is 0 Å². The van der Waals surface area contributed by atoms with E-state index in [1.165, 1.54) is 0 Å². The van der Waals surface area contributed by atoms with E-state index in [4.69, 9.17) is 10.2 Å². The second kappa shape index (κ2) is 7.91. The number of carbonyl (C=O) groups is 2. The minimum Gasteiger partial charge on any atom is -1.00 e. The normalized spacial score (nSPS) is 24.3. The van der Waals surface area contributed by atoms with Crippen molar-refractivity contribution in [3.63, 3.8) is 0 Å². The van der Waals surface area contributed by atoms with Crippen molar-refractivity contribution in [3.8, 4) is 0 Å². The van der Waals surface area contributed by atoms with Crippen LogP contribution >= 0.6 is 0 Å². The van der Waals surface area contributed by atoms with Crippen LogP contribution in [0.4, 0.5) is 0 Å². The monoisotopic (exact) mass is 218 g/mol. The van der Waals surface area contributed by atoms with Crippen LogP contribution in [0.5, 0.6) is 0 Å². The first kappa shape index (κ1) is 17.1. The SMILES string of the molecule is O=C(O)C1CC=CCC1C(=O)O.[H-].[H-].[Na+].[Na+]. The third-order valence-electron chi connectivity index (χ3n) is 2.07. The zero-order chi connectivity index (χ0) is 9.14. The van der Waals surface area contributed by atoms with Gasteiger partial charge in [-0.2, -0.15) is 0 Å². The van der Waals surface area contributed by atoms with Crippen molar-refractivity contribution in [2.45, 2.75) is 12.8 Å². The summed E-state index contributed by atoms with van der Waals surface area (Å²) >= 11 is 0. The molecule has 1 aliphatic rings. The maximum atomic E-state index is 10.6. The number of carboxylic acids is 2. The fourth-order valence-corrected chi connectivity index (χ4v) is 1.36.